The van der Waals surface area contributed by atoms with Gasteiger partial charge in [0, 0.05) is 20.3 Å². The van der Waals surface area contributed by atoms with Crippen molar-refractivity contribution in [2.75, 3.05) is 20.3 Å². The second-order valence-electron chi connectivity index (χ2n) is 4.73. The molecule has 0 aromatic heterocycles. The third-order valence-electron chi connectivity index (χ3n) is 2.81. The predicted octanol–water partition coefficient (Wildman–Crippen LogP) is 3.21. The summed E-state index contributed by atoms with van der Waals surface area (Å²) in [5, 5.41) is 3.49. The predicted molar refractivity (Wildman–Crippen MR) is 73.3 cm³/mol. The molecule has 0 heterocycles. The third kappa shape index (κ3) is 6.44. The van der Waals surface area contributed by atoms with Crippen molar-refractivity contribution in [1.82, 2.24) is 5.32 Å². The standard InChI is InChI=1S/C15H25NO/c1-13-9-14(2)11-15(10-13)12-16-7-5-4-6-8-17-3/h9-11,16H,4-8,12H2,1-3H3. The van der Waals surface area contributed by atoms with Gasteiger partial charge in [-0.1, -0.05) is 29.3 Å². The zero-order valence-electron chi connectivity index (χ0n) is 11.4. The number of methoxy groups -OCH3 is 1. The second kappa shape index (κ2) is 8.26. The summed E-state index contributed by atoms with van der Waals surface area (Å²) < 4.78 is 5.02. The van der Waals surface area contributed by atoms with Crippen LogP contribution in [0.4, 0.5) is 0 Å². The van der Waals surface area contributed by atoms with Crippen molar-refractivity contribution in [3.63, 3.8) is 0 Å². The number of unbranched alkanes of at least 4 members (excludes halogenated alkanes) is 2. The van der Waals surface area contributed by atoms with E-state index in [0.717, 1.165) is 19.7 Å². The summed E-state index contributed by atoms with van der Waals surface area (Å²) in [5.74, 6) is 0. The zero-order chi connectivity index (χ0) is 12.5. The van der Waals surface area contributed by atoms with Crippen LogP contribution in [0.3, 0.4) is 0 Å². The smallest absolute Gasteiger partial charge is 0.0462 e. The van der Waals surface area contributed by atoms with E-state index >= 15 is 0 Å². The summed E-state index contributed by atoms with van der Waals surface area (Å²) in [4.78, 5) is 0. The highest BCUT2D eigenvalue weighted by Gasteiger charge is 1.96. The minimum atomic E-state index is 0.886. The fourth-order valence-corrected chi connectivity index (χ4v) is 2.08. The van der Waals surface area contributed by atoms with Gasteiger partial charge in [-0.3, -0.25) is 0 Å². The van der Waals surface area contributed by atoms with Gasteiger partial charge in [-0.25, -0.2) is 0 Å². The van der Waals surface area contributed by atoms with E-state index in [1.165, 1.54) is 36.0 Å². The summed E-state index contributed by atoms with van der Waals surface area (Å²) in [6.07, 6.45) is 3.64. The van der Waals surface area contributed by atoms with Crippen molar-refractivity contribution in [3.05, 3.63) is 34.9 Å². The molecule has 0 amide bonds. The molecule has 1 N–H and O–H groups in total. The van der Waals surface area contributed by atoms with Gasteiger partial charge in [-0.2, -0.15) is 0 Å². The number of hydrogen-bond acceptors (Lipinski definition) is 2. The minimum Gasteiger partial charge on any atom is -0.385 e. The summed E-state index contributed by atoms with van der Waals surface area (Å²) in [5.41, 5.74) is 4.09. The van der Waals surface area contributed by atoms with Crippen molar-refractivity contribution in [3.8, 4) is 0 Å². The van der Waals surface area contributed by atoms with Crippen molar-refractivity contribution in [1.29, 1.82) is 0 Å². The maximum Gasteiger partial charge on any atom is 0.0462 e. The first-order valence-electron chi connectivity index (χ1n) is 6.49. The highest BCUT2D eigenvalue weighted by molar-refractivity contribution is 5.28. The zero-order valence-corrected chi connectivity index (χ0v) is 11.4. The summed E-state index contributed by atoms with van der Waals surface area (Å²) >= 11 is 0. The number of rotatable bonds is 8. The number of nitrogens with one attached hydrogen (secondary N) is 1. The van der Waals surface area contributed by atoms with Crippen molar-refractivity contribution >= 4 is 0 Å². The Bertz CT molecular complexity index is 302. The van der Waals surface area contributed by atoms with E-state index in [1.54, 1.807) is 7.11 Å². The van der Waals surface area contributed by atoms with E-state index in [-0.39, 0.29) is 0 Å². The lowest BCUT2D eigenvalue weighted by Crippen LogP contribution is -2.15. The minimum absolute atomic E-state index is 0.886. The second-order valence-corrected chi connectivity index (χ2v) is 4.73. The molecule has 0 bridgehead atoms. The Kier molecular flexibility index (Phi) is 6.90. The molecule has 0 saturated heterocycles. The normalized spacial score (nSPS) is 10.8. The van der Waals surface area contributed by atoms with Crippen LogP contribution in [0.15, 0.2) is 18.2 Å². The van der Waals surface area contributed by atoms with Crippen LogP contribution in [0, 0.1) is 13.8 Å². The lowest BCUT2D eigenvalue weighted by molar-refractivity contribution is 0.192. The average molecular weight is 235 g/mol. The van der Waals surface area contributed by atoms with Crippen molar-refractivity contribution < 1.29 is 4.74 Å². The van der Waals surface area contributed by atoms with Crippen LogP contribution in [0.2, 0.25) is 0 Å². The van der Waals surface area contributed by atoms with Crippen LogP contribution in [-0.2, 0) is 11.3 Å². The number of hydrogen-bond donors (Lipinski definition) is 1. The Morgan fingerprint density at radius 3 is 2.35 bits per heavy atom. The van der Waals surface area contributed by atoms with E-state index in [2.05, 4.69) is 37.4 Å². The fourth-order valence-electron chi connectivity index (χ4n) is 2.08. The van der Waals surface area contributed by atoms with E-state index in [1.807, 2.05) is 0 Å². The monoisotopic (exact) mass is 235 g/mol. The highest BCUT2D eigenvalue weighted by atomic mass is 16.5. The molecule has 0 saturated carbocycles. The molecule has 0 aliphatic heterocycles. The molecule has 0 aliphatic rings. The molecule has 1 aromatic carbocycles. The molecule has 0 spiro atoms. The van der Waals surface area contributed by atoms with Crippen LogP contribution in [-0.4, -0.2) is 20.3 Å². The SMILES string of the molecule is COCCCCCNCc1cc(C)cc(C)c1. The van der Waals surface area contributed by atoms with E-state index in [9.17, 15) is 0 Å². The Labute approximate surface area is 105 Å². The fraction of sp³-hybridized carbons (Fsp3) is 0.600. The van der Waals surface area contributed by atoms with Gasteiger partial charge in [0.2, 0.25) is 0 Å². The molecule has 0 fully saturated rings. The molecule has 0 radical (unpaired) electrons. The molecular weight excluding hydrogens is 210 g/mol. The van der Waals surface area contributed by atoms with Gasteiger partial charge < -0.3 is 10.1 Å². The largest absolute Gasteiger partial charge is 0.385 e. The van der Waals surface area contributed by atoms with Gasteiger partial charge in [-0.15, -0.1) is 0 Å². The molecule has 0 unspecified atom stereocenters. The van der Waals surface area contributed by atoms with Crippen molar-refractivity contribution in [2.45, 2.75) is 39.7 Å². The topological polar surface area (TPSA) is 21.3 Å². The van der Waals surface area contributed by atoms with Crippen LogP contribution in [0.25, 0.3) is 0 Å². The first-order valence-corrected chi connectivity index (χ1v) is 6.49. The lowest BCUT2D eigenvalue weighted by Gasteiger charge is -2.07. The molecule has 1 rings (SSSR count). The summed E-state index contributed by atoms with van der Waals surface area (Å²) in [7, 11) is 1.76. The van der Waals surface area contributed by atoms with E-state index in [4.69, 9.17) is 4.74 Å². The number of benzene rings is 1. The molecular formula is C15H25NO. The molecule has 96 valence electrons. The number of aryl methyl sites for hydroxylation is 2. The van der Waals surface area contributed by atoms with Crippen LogP contribution in [0.1, 0.15) is 36.0 Å². The Morgan fingerprint density at radius 1 is 1.00 bits per heavy atom. The molecule has 1 aromatic rings. The average Bonchev–Trinajstić information content (AvgIpc) is 2.26. The van der Waals surface area contributed by atoms with Crippen LogP contribution in [0.5, 0.6) is 0 Å². The first kappa shape index (κ1) is 14.2. The van der Waals surface area contributed by atoms with Crippen LogP contribution < -0.4 is 5.32 Å². The Balaban J connectivity index is 2.13. The maximum atomic E-state index is 5.02. The Hall–Kier alpha value is -0.860. The molecule has 2 nitrogen and oxygen atoms in total. The molecule has 2 heteroatoms. The maximum absolute atomic E-state index is 5.02. The number of ether oxygens (including phenoxy) is 1. The highest BCUT2D eigenvalue weighted by Crippen LogP contribution is 2.08. The first-order chi connectivity index (χ1) is 8.22. The molecule has 0 atom stereocenters. The van der Waals surface area contributed by atoms with E-state index in [0.29, 0.717) is 0 Å². The van der Waals surface area contributed by atoms with Gasteiger partial charge in [0.25, 0.3) is 0 Å². The Morgan fingerprint density at radius 2 is 1.71 bits per heavy atom. The summed E-state index contributed by atoms with van der Waals surface area (Å²) in [6.45, 7) is 7.27. The summed E-state index contributed by atoms with van der Waals surface area (Å²) in [6, 6.07) is 6.73. The van der Waals surface area contributed by atoms with Gasteiger partial charge in [-0.05, 0) is 45.2 Å². The quantitative estimate of drug-likeness (QED) is 0.699. The van der Waals surface area contributed by atoms with Gasteiger partial charge in [0.1, 0.15) is 0 Å². The van der Waals surface area contributed by atoms with Crippen LogP contribution >= 0.6 is 0 Å². The van der Waals surface area contributed by atoms with Gasteiger partial charge in [0.05, 0.1) is 0 Å². The molecule has 0 aliphatic carbocycles. The van der Waals surface area contributed by atoms with Gasteiger partial charge >= 0.3 is 0 Å². The third-order valence-corrected chi connectivity index (χ3v) is 2.81. The molecule has 17 heavy (non-hydrogen) atoms. The van der Waals surface area contributed by atoms with Crippen molar-refractivity contribution in [2.24, 2.45) is 0 Å². The lowest BCUT2D eigenvalue weighted by atomic mass is 10.1. The van der Waals surface area contributed by atoms with Gasteiger partial charge in [0.15, 0.2) is 0 Å². The van der Waals surface area contributed by atoms with E-state index < -0.39 is 0 Å².